The molecule has 0 unspecified atom stereocenters. The standard InChI is InChI=1S/C11H21NO2/c1-3-8-14-9-11(13)12-6-4-10(2)5-7-12/h10H,3-9H2,1-2H3. The molecule has 0 atom stereocenters. The van der Waals surface area contributed by atoms with Crippen LogP contribution in [0.3, 0.4) is 0 Å². The highest BCUT2D eigenvalue weighted by Gasteiger charge is 2.19. The number of hydrogen-bond acceptors (Lipinski definition) is 2. The molecule has 82 valence electrons. The Hall–Kier alpha value is -0.570. The number of nitrogens with zero attached hydrogens (tertiary/aromatic N) is 1. The van der Waals surface area contributed by atoms with Gasteiger partial charge >= 0.3 is 0 Å². The number of amides is 1. The summed E-state index contributed by atoms with van der Waals surface area (Å²) in [5, 5.41) is 0. The van der Waals surface area contributed by atoms with Crippen molar-refractivity contribution in [3.8, 4) is 0 Å². The van der Waals surface area contributed by atoms with Crippen LogP contribution >= 0.6 is 0 Å². The minimum Gasteiger partial charge on any atom is -0.372 e. The van der Waals surface area contributed by atoms with E-state index in [1.165, 1.54) is 0 Å². The third-order valence-electron chi connectivity index (χ3n) is 2.71. The van der Waals surface area contributed by atoms with Crippen molar-refractivity contribution in [3.63, 3.8) is 0 Å². The smallest absolute Gasteiger partial charge is 0.248 e. The van der Waals surface area contributed by atoms with Crippen LogP contribution in [0.25, 0.3) is 0 Å². The number of hydrogen-bond donors (Lipinski definition) is 0. The summed E-state index contributed by atoms with van der Waals surface area (Å²) in [5.41, 5.74) is 0. The first-order valence-corrected chi connectivity index (χ1v) is 5.59. The van der Waals surface area contributed by atoms with E-state index in [1.807, 2.05) is 11.8 Å². The number of carbonyl (C=O) groups excluding carboxylic acids is 1. The Balaban J connectivity index is 2.17. The summed E-state index contributed by atoms with van der Waals surface area (Å²) >= 11 is 0. The summed E-state index contributed by atoms with van der Waals surface area (Å²) in [6.45, 7) is 7.08. The molecule has 0 aromatic carbocycles. The van der Waals surface area contributed by atoms with Crippen molar-refractivity contribution >= 4 is 5.91 Å². The summed E-state index contributed by atoms with van der Waals surface area (Å²) < 4.78 is 5.23. The van der Waals surface area contributed by atoms with Crippen molar-refractivity contribution in [2.24, 2.45) is 5.92 Å². The number of piperidine rings is 1. The van der Waals surface area contributed by atoms with E-state index in [4.69, 9.17) is 4.74 Å². The molecule has 1 heterocycles. The normalized spacial score (nSPS) is 18.6. The van der Waals surface area contributed by atoms with Gasteiger partial charge in [0, 0.05) is 19.7 Å². The van der Waals surface area contributed by atoms with Gasteiger partial charge < -0.3 is 9.64 Å². The van der Waals surface area contributed by atoms with Gasteiger partial charge in [-0.3, -0.25) is 4.79 Å². The lowest BCUT2D eigenvalue weighted by Crippen LogP contribution is -2.40. The Kier molecular flexibility index (Phi) is 4.94. The highest BCUT2D eigenvalue weighted by molar-refractivity contribution is 5.77. The van der Waals surface area contributed by atoms with Gasteiger partial charge in [0.25, 0.3) is 0 Å². The van der Waals surface area contributed by atoms with Crippen molar-refractivity contribution < 1.29 is 9.53 Å². The zero-order valence-corrected chi connectivity index (χ0v) is 9.29. The molecule has 1 fully saturated rings. The highest BCUT2D eigenvalue weighted by atomic mass is 16.5. The molecule has 3 heteroatoms. The van der Waals surface area contributed by atoms with E-state index in [-0.39, 0.29) is 12.5 Å². The number of carbonyl (C=O) groups is 1. The summed E-state index contributed by atoms with van der Waals surface area (Å²) in [7, 11) is 0. The second kappa shape index (κ2) is 6.02. The highest BCUT2D eigenvalue weighted by Crippen LogP contribution is 2.15. The minimum absolute atomic E-state index is 0.158. The first-order chi connectivity index (χ1) is 6.74. The van der Waals surface area contributed by atoms with E-state index >= 15 is 0 Å². The Bertz CT molecular complexity index is 174. The molecule has 0 aromatic rings. The molecular formula is C11H21NO2. The summed E-state index contributed by atoms with van der Waals surface area (Å²) in [5.74, 6) is 0.931. The van der Waals surface area contributed by atoms with Gasteiger partial charge in [-0.15, -0.1) is 0 Å². The molecule has 1 aliphatic heterocycles. The van der Waals surface area contributed by atoms with Gasteiger partial charge in [0.2, 0.25) is 5.91 Å². The predicted octanol–water partition coefficient (Wildman–Crippen LogP) is 1.67. The van der Waals surface area contributed by atoms with Crippen molar-refractivity contribution in [1.82, 2.24) is 4.90 Å². The lowest BCUT2D eigenvalue weighted by Gasteiger charge is -2.30. The maximum Gasteiger partial charge on any atom is 0.248 e. The fraction of sp³-hybridized carbons (Fsp3) is 0.909. The van der Waals surface area contributed by atoms with Crippen LogP contribution in [-0.4, -0.2) is 37.1 Å². The molecule has 1 saturated heterocycles. The van der Waals surface area contributed by atoms with E-state index in [9.17, 15) is 4.79 Å². The van der Waals surface area contributed by atoms with Gasteiger partial charge in [0.05, 0.1) is 0 Å². The molecule has 3 nitrogen and oxygen atoms in total. The number of likely N-dealkylation sites (tertiary alicyclic amines) is 1. The second-order valence-electron chi connectivity index (χ2n) is 4.12. The van der Waals surface area contributed by atoms with Crippen molar-refractivity contribution in [3.05, 3.63) is 0 Å². The average molecular weight is 199 g/mol. The molecule has 0 saturated carbocycles. The molecule has 0 bridgehead atoms. The van der Waals surface area contributed by atoms with Crippen LogP contribution in [0.1, 0.15) is 33.1 Å². The summed E-state index contributed by atoms with van der Waals surface area (Å²) in [6, 6.07) is 0. The average Bonchev–Trinajstić information content (AvgIpc) is 2.19. The lowest BCUT2D eigenvalue weighted by atomic mass is 9.99. The van der Waals surface area contributed by atoms with Crippen LogP contribution in [0, 0.1) is 5.92 Å². The third-order valence-corrected chi connectivity index (χ3v) is 2.71. The molecule has 14 heavy (non-hydrogen) atoms. The lowest BCUT2D eigenvalue weighted by molar-refractivity contribution is -0.137. The zero-order chi connectivity index (χ0) is 10.4. The Morgan fingerprint density at radius 3 is 2.64 bits per heavy atom. The molecule has 0 radical (unpaired) electrons. The van der Waals surface area contributed by atoms with Gasteiger partial charge in [-0.05, 0) is 25.2 Å². The van der Waals surface area contributed by atoms with Crippen LogP contribution in [0.4, 0.5) is 0 Å². The maximum absolute atomic E-state index is 11.6. The van der Waals surface area contributed by atoms with Crippen LogP contribution in [0.15, 0.2) is 0 Å². The second-order valence-corrected chi connectivity index (χ2v) is 4.12. The first kappa shape index (κ1) is 11.5. The van der Waals surface area contributed by atoms with E-state index in [1.54, 1.807) is 0 Å². The Morgan fingerprint density at radius 1 is 1.43 bits per heavy atom. The van der Waals surface area contributed by atoms with Crippen LogP contribution in [-0.2, 0) is 9.53 Å². The molecule has 1 amide bonds. The molecular weight excluding hydrogens is 178 g/mol. The third kappa shape index (κ3) is 3.66. The molecule has 1 aliphatic rings. The fourth-order valence-electron chi connectivity index (χ4n) is 1.65. The van der Waals surface area contributed by atoms with Gasteiger partial charge in [0.15, 0.2) is 0 Å². The molecule has 0 aliphatic carbocycles. The van der Waals surface area contributed by atoms with E-state index < -0.39 is 0 Å². The van der Waals surface area contributed by atoms with E-state index in [2.05, 4.69) is 6.92 Å². The van der Waals surface area contributed by atoms with Crippen LogP contribution in [0.5, 0.6) is 0 Å². The zero-order valence-electron chi connectivity index (χ0n) is 9.29. The molecule has 1 rings (SSSR count). The fourth-order valence-corrected chi connectivity index (χ4v) is 1.65. The maximum atomic E-state index is 11.6. The first-order valence-electron chi connectivity index (χ1n) is 5.59. The SMILES string of the molecule is CCCOCC(=O)N1CCC(C)CC1. The Labute approximate surface area is 86.4 Å². The van der Waals surface area contributed by atoms with Gasteiger partial charge in [0.1, 0.15) is 6.61 Å². The quantitative estimate of drug-likeness (QED) is 0.645. The van der Waals surface area contributed by atoms with Crippen molar-refractivity contribution in [2.75, 3.05) is 26.3 Å². The van der Waals surface area contributed by atoms with Gasteiger partial charge in [-0.2, -0.15) is 0 Å². The van der Waals surface area contributed by atoms with Gasteiger partial charge in [-0.1, -0.05) is 13.8 Å². The van der Waals surface area contributed by atoms with E-state index in [0.29, 0.717) is 6.61 Å². The van der Waals surface area contributed by atoms with E-state index in [0.717, 1.165) is 38.3 Å². The number of rotatable bonds is 4. The molecule has 0 spiro atoms. The molecule has 0 N–H and O–H groups in total. The minimum atomic E-state index is 0.158. The van der Waals surface area contributed by atoms with Crippen molar-refractivity contribution in [1.29, 1.82) is 0 Å². The van der Waals surface area contributed by atoms with Gasteiger partial charge in [-0.25, -0.2) is 0 Å². The Morgan fingerprint density at radius 2 is 2.07 bits per heavy atom. The topological polar surface area (TPSA) is 29.5 Å². The largest absolute Gasteiger partial charge is 0.372 e. The molecule has 0 aromatic heterocycles. The summed E-state index contributed by atoms with van der Waals surface area (Å²) in [4.78, 5) is 13.5. The van der Waals surface area contributed by atoms with Crippen LogP contribution < -0.4 is 0 Å². The number of ether oxygens (including phenoxy) is 1. The predicted molar refractivity (Wildman–Crippen MR) is 56.1 cm³/mol. The van der Waals surface area contributed by atoms with Crippen molar-refractivity contribution in [2.45, 2.75) is 33.1 Å². The van der Waals surface area contributed by atoms with Crippen LogP contribution in [0.2, 0.25) is 0 Å². The monoisotopic (exact) mass is 199 g/mol. The summed E-state index contributed by atoms with van der Waals surface area (Å²) in [6.07, 6.45) is 3.25.